The summed E-state index contributed by atoms with van der Waals surface area (Å²) in [5.41, 5.74) is 9.33. The minimum absolute atomic E-state index is 0.298. The number of nitrogen functional groups attached to an aromatic ring is 1. The fraction of sp³-hybridized carbons (Fsp3) is 0.261. The van der Waals surface area contributed by atoms with Gasteiger partial charge in [-0.15, -0.1) is 0 Å². The molecule has 3 heterocycles. The first kappa shape index (κ1) is 21.0. The summed E-state index contributed by atoms with van der Waals surface area (Å²) in [5, 5.41) is 22.7. The van der Waals surface area contributed by atoms with E-state index in [1.54, 1.807) is 12.1 Å². The van der Waals surface area contributed by atoms with Crippen LogP contribution in [0.5, 0.6) is 0 Å². The van der Waals surface area contributed by atoms with Gasteiger partial charge < -0.3 is 20.5 Å². The minimum Gasteiger partial charge on any atom is -0.388 e. The van der Waals surface area contributed by atoms with Crippen LogP contribution in [0.4, 0.5) is 10.2 Å². The molecule has 32 heavy (non-hydrogen) atoms. The number of nitrogens with zero attached hydrogens (tertiary/aromatic N) is 4. The van der Waals surface area contributed by atoms with Crippen LogP contribution < -0.4 is 5.73 Å². The van der Waals surface area contributed by atoms with Gasteiger partial charge in [0.1, 0.15) is 35.8 Å². The molecule has 164 valence electrons. The highest BCUT2D eigenvalue weighted by Gasteiger charge is 2.36. The van der Waals surface area contributed by atoms with Crippen molar-refractivity contribution in [3.05, 3.63) is 70.0 Å². The van der Waals surface area contributed by atoms with E-state index in [0.717, 1.165) is 16.6 Å². The average Bonchev–Trinajstić information content (AvgIpc) is 3.31. The van der Waals surface area contributed by atoms with Crippen LogP contribution in [0.15, 0.2) is 52.9 Å². The molecule has 7 nitrogen and oxygen atoms in total. The van der Waals surface area contributed by atoms with E-state index in [9.17, 15) is 14.6 Å². The zero-order valence-electron chi connectivity index (χ0n) is 17.2. The van der Waals surface area contributed by atoms with Gasteiger partial charge in [0.05, 0.1) is 21.7 Å². The minimum atomic E-state index is -1.00. The lowest BCUT2D eigenvalue weighted by molar-refractivity contribution is 0.0317. The summed E-state index contributed by atoms with van der Waals surface area (Å²) in [7, 11) is 0. The fourth-order valence-electron chi connectivity index (χ4n) is 4.35. The number of aromatic nitrogens is 4. The normalized spacial score (nSPS) is 20.9. The summed E-state index contributed by atoms with van der Waals surface area (Å²) in [6.45, 7) is 1.90. The number of pyridine rings is 1. The van der Waals surface area contributed by atoms with Gasteiger partial charge in [0.25, 0.3) is 0 Å². The van der Waals surface area contributed by atoms with E-state index in [-0.39, 0.29) is 5.82 Å². The smallest absolute Gasteiger partial charge is 0.144 e. The van der Waals surface area contributed by atoms with Crippen LogP contribution in [0.25, 0.3) is 21.9 Å². The Hall–Kier alpha value is -2.88. The van der Waals surface area contributed by atoms with Gasteiger partial charge in [-0.2, -0.15) is 0 Å². The van der Waals surface area contributed by atoms with Crippen LogP contribution >= 0.6 is 15.9 Å². The summed E-state index contributed by atoms with van der Waals surface area (Å²) in [6, 6.07) is 6.36. The number of nitrogens with two attached hydrogens (primary N) is 1. The maximum Gasteiger partial charge on any atom is 0.144 e. The van der Waals surface area contributed by atoms with Gasteiger partial charge in [0, 0.05) is 17.0 Å². The number of hydrogen-bond donors (Lipinski definition) is 3. The molecule has 0 bridgehead atoms. The maximum absolute atomic E-state index is 14.6. The summed E-state index contributed by atoms with van der Waals surface area (Å²) < 4.78 is 17.0. The molecule has 0 spiro atoms. The molecule has 3 aromatic heterocycles. The van der Waals surface area contributed by atoms with Gasteiger partial charge in [0.2, 0.25) is 0 Å². The van der Waals surface area contributed by atoms with Gasteiger partial charge in [-0.3, -0.25) is 0 Å². The van der Waals surface area contributed by atoms with E-state index in [2.05, 4.69) is 30.9 Å². The number of benzene rings is 1. The van der Waals surface area contributed by atoms with Crippen LogP contribution in [-0.2, 0) is 6.42 Å². The summed E-state index contributed by atoms with van der Waals surface area (Å²) >= 11 is 3.27. The Morgan fingerprint density at radius 3 is 2.78 bits per heavy atom. The van der Waals surface area contributed by atoms with Gasteiger partial charge in [-0.1, -0.05) is 6.08 Å². The largest absolute Gasteiger partial charge is 0.388 e. The Labute approximate surface area is 191 Å². The monoisotopic (exact) mass is 497 g/mol. The van der Waals surface area contributed by atoms with Crippen molar-refractivity contribution >= 4 is 43.7 Å². The van der Waals surface area contributed by atoms with Gasteiger partial charge >= 0.3 is 0 Å². The SMILES string of the molecule is Cc1ncnc2c1ccn2C1C=C(CCc2cc(F)c3cc(Br)c(N)nc3c2)C(O)C1O. The second-order valence-corrected chi connectivity index (χ2v) is 8.94. The molecule has 3 unspecified atom stereocenters. The molecule has 4 aromatic rings. The van der Waals surface area contributed by atoms with Gasteiger partial charge in [-0.05, 0) is 71.1 Å². The zero-order chi connectivity index (χ0) is 22.6. The third-order valence-corrected chi connectivity index (χ3v) is 6.73. The first-order chi connectivity index (χ1) is 15.3. The first-order valence-electron chi connectivity index (χ1n) is 10.2. The average molecular weight is 498 g/mol. The van der Waals surface area contributed by atoms with Gasteiger partial charge in [0.15, 0.2) is 0 Å². The Morgan fingerprint density at radius 1 is 1.16 bits per heavy atom. The van der Waals surface area contributed by atoms with E-state index < -0.39 is 18.2 Å². The van der Waals surface area contributed by atoms with E-state index >= 15 is 0 Å². The molecule has 4 N–H and O–H groups in total. The lowest BCUT2D eigenvalue weighted by atomic mass is 10.0. The Morgan fingerprint density at radius 2 is 1.97 bits per heavy atom. The van der Waals surface area contributed by atoms with Crippen LogP contribution in [-0.4, -0.2) is 41.9 Å². The second kappa shape index (κ2) is 7.91. The van der Waals surface area contributed by atoms with E-state index in [4.69, 9.17) is 5.73 Å². The number of aliphatic hydroxyl groups is 2. The third-order valence-electron chi connectivity index (χ3n) is 6.09. The number of aryl methyl sites for hydroxylation is 2. The molecule has 1 aromatic carbocycles. The van der Waals surface area contributed by atoms with Crippen molar-refractivity contribution in [3.8, 4) is 0 Å². The lowest BCUT2D eigenvalue weighted by Gasteiger charge is -2.19. The number of aliphatic hydroxyl groups excluding tert-OH is 2. The van der Waals surface area contributed by atoms with Crippen molar-refractivity contribution in [3.63, 3.8) is 0 Å². The summed E-state index contributed by atoms with van der Waals surface area (Å²) in [6.07, 6.45) is 4.17. The molecule has 0 saturated carbocycles. The van der Waals surface area contributed by atoms with Crippen LogP contribution in [0.3, 0.4) is 0 Å². The highest BCUT2D eigenvalue weighted by atomic mass is 79.9. The van der Waals surface area contributed by atoms with Crippen molar-refractivity contribution in [2.75, 3.05) is 5.73 Å². The quantitative estimate of drug-likeness (QED) is 0.371. The molecular formula is C23H21BrFN5O2. The van der Waals surface area contributed by atoms with Crippen molar-refractivity contribution in [2.45, 2.75) is 38.0 Å². The molecule has 5 rings (SSSR count). The summed E-state index contributed by atoms with van der Waals surface area (Å²) in [4.78, 5) is 12.8. The highest BCUT2D eigenvalue weighted by molar-refractivity contribution is 9.10. The predicted molar refractivity (Wildman–Crippen MR) is 124 cm³/mol. The van der Waals surface area contributed by atoms with E-state index in [1.165, 1.54) is 12.4 Å². The number of anilines is 1. The molecule has 3 atom stereocenters. The van der Waals surface area contributed by atoms with Crippen molar-refractivity contribution in [2.24, 2.45) is 0 Å². The number of rotatable bonds is 4. The molecule has 0 saturated heterocycles. The third kappa shape index (κ3) is 3.46. The fourth-order valence-corrected chi connectivity index (χ4v) is 4.66. The molecule has 1 aliphatic rings. The molecule has 1 aliphatic carbocycles. The lowest BCUT2D eigenvalue weighted by Crippen LogP contribution is -2.29. The molecule has 0 aliphatic heterocycles. The summed E-state index contributed by atoms with van der Waals surface area (Å²) in [5.74, 6) is -0.0784. The van der Waals surface area contributed by atoms with Crippen LogP contribution in [0, 0.1) is 12.7 Å². The van der Waals surface area contributed by atoms with Crippen LogP contribution in [0.1, 0.15) is 23.7 Å². The molecule has 0 radical (unpaired) electrons. The Kier molecular flexibility index (Phi) is 5.19. The molecule has 9 heteroatoms. The van der Waals surface area contributed by atoms with Crippen molar-refractivity contribution in [1.29, 1.82) is 0 Å². The maximum atomic E-state index is 14.6. The highest BCUT2D eigenvalue weighted by Crippen LogP contribution is 2.35. The number of hydrogen-bond acceptors (Lipinski definition) is 6. The standard InChI is InChI=1S/C23H21BrFN5O2/c1-11-14-4-5-30(23(14)28-10-27-11)19-8-13(20(31)21(19)32)3-2-12-6-17(25)15-9-16(24)22(26)29-18(15)7-12/h4-10,19-21,31-32H,2-3H2,1H3,(H2,26,29). The first-order valence-corrected chi connectivity index (χ1v) is 11.0. The topological polar surface area (TPSA) is 110 Å². The molecule has 0 fully saturated rings. The molecule has 0 amide bonds. The zero-order valence-corrected chi connectivity index (χ0v) is 18.8. The van der Waals surface area contributed by atoms with Crippen molar-refractivity contribution < 1.29 is 14.6 Å². The van der Waals surface area contributed by atoms with Gasteiger partial charge in [-0.25, -0.2) is 19.3 Å². The van der Waals surface area contributed by atoms with E-state index in [0.29, 0.717) is 45.3 Å². The van der Waals surface area contributed by atoms with E-state index in [1.807, 2.05) is 29.8 Å². The Balaban J connectivity index is 1.42. The number of halogens is 2. The Bertz CT molecular complexity index is 1390. The molecular weight excluding hydrogens is 477 g/mol. The van der Waals surface area contributed by atoms with Crippen LogP contribution in [0.2, 0.25) is 0 Å². The number of fused-ring (bicyclic) bond motifs is 2. The second-order valence-electron chi connectivity index (χ2n) is 8.09. The predicted octanol–water partition coefficient (Wildman–Crippen LogP) is 3.61. The van der Waals surface area contributed by atoms with Crippen molar-refractivity contribution in [1.82, 2.24) is 19.5 Å².